The number of nitrogens with zero attached hydrogens (tertiary/aromatic N) is 4. The summed E-state index contributed by atoms with van der Waals surface area (Å²) in [5, 5.41) is 13.5. The largest absolute Gasteiger partial charge is 0.508 e. The smallest absolute Gasteiger partial charge is 0.258 e. The van der Waals surface area contributed by atoms with E-state index in [0.29, 0.717) is 23.0 Å². The Morgan fingerprint density at radius 2 is 2.11 bits per heavy atom. The van der Waals surface area contributed by atoms with Crippen molar-refractivity contribution in [1.82, 2.24) is 20.1 Å². The monoisotopic (exact) mass is 254 g/mol. The molecule has 0 aliphatic rings. The van der Waals surface area contributed by atoms with Crippen LogP contribution in [0.5, 0.6) is 5.75 Å². The molecule has 3 aromatic rings. The molecule has 0 unspecified atom stereocenters. The third-order valence-corrected chi connectivity index (χ3v) is 2.69. The van der Waals surface area contributed by atoms with Gasteiger partial charge in [0.05, 0.1) is 0 Å². The molecule has 0 radical (unpaired) electrons. The van der Waals surface area contributed by atoms with Crippen LogP contribution >= 0.6 is 0 Å². The van der Waals surface area contributed by atoms with E-state index in [9.17, 15) is 5.11 Å². The topological polar surface area (TPSA) is 84.9 Å². The molecule has 0 aliphatic carbocycles. The molecule has 6 nitrogen and oxygen atoms in total. The van der Waals surface area contributed by atoms with Crippen molar-refractivity contribution >= 4 is 0 Å². The Morgan fingerprint density at radius 1 is 1.21 bits per heavy atom. The van der Waals surface area contributed by atoms with Gasteiger partial charge < -0.3 is 9.63 Å². The molecule has 0 amide bonds. The lowest BCUT2D eigenvalue weighted by atomic mass is 10.1. The van der Waals surface area contributed by atoms with E-state index in [-0.39, 0.29) is 5.75 Å². The lowest BCUT2D eigenvalue weighted by Gasteiger charge is -1.99. The lowest BCUT2D eigenvalue weighted by molar-refractivity contribution is 0.431. The molecule has 1 aromatic carbocycles. The van der Waals surface area contributed by atoms with Crippen LogP contribution in [0.3, 0.4) is 0 Å². The summed E-state index contributed by atoms with van der Waals surface area (Å²) in [7, 11) is 0. The first-order valence-corrected chi connectivity index (χ1v) is 5.64. The van der Waals surface area contributed by atoms with Crippen molar-refractivity contribution in [3.05, 3.63) is 42.4 Å². The molecule has 2 heterocycles. The summed E-state index contributed by atoms with van der Waals surface area (Å²) in [6.45, 7) is 1.82. The van der Waals surface area contributed by atoms with Gasteiger partial charge in [0.25, 0.3) is 5.89 Å². The van der Waals surface area contributed by atoms with Crippen LogP contribution in [-0.4, -0.2) is 25.2 Å². The third kappa shape index (κ3) is 2.15. The van der Waals surface area contributed by atoms with Gasteiger partial charge >= 0.3 is 0 Å². The number of rotatable bonds is 2. The molecule has 19 heavy (non-hydrogen) atoms. The molecule has 6 heteroatoms. The van der Waals surface area contributed by atoms with Crippen molar-refractivity contribution in [2.45, 2.75) is 6.92 Å². The Bertz CT molecular complexity index is 710. The normalized spacial score (nSPS) is 10.6. The summed E-state index contributed by atoms with van der Waals surface area (Å²) in [4.78, 5) is 12.1. The minimum absolute atomic E-state index is 0.194. The van der Waals surface area contributed by atoms with Crippen molar-refractivity contribution in [2.24, 2.45) is 0 Å². The van der Waals surface area contributed by atoms with Crippen molar-refractivity contribution in [2.75, 3.05) is 0 Å². The highest BCUT2D eigenvalue weighted by atomic mass is 16.5. The van der Waals surface area contributed by atoms with E-state index in [1.165, 1.54) is 6.33 Å². The second-order valence-corrected chi connectivity index (χ2v) is 4.02. The first-order chi connectivity index (χ1) is 9.24. The Kier molecular flexibility index (Phi) is 2.68. The molecule has 1 N–H and O–H groups in total. The van der Waals surface area contributed by atoms with Crippen molar-refractivity contribution < 1.29 is 9.63 Å². The molecule has 0 bridgehead atoms. The predicted octanol–water partition coefficient (Wildman–Crippen LogP) is 2.21. The number of benzene rings is 1. The van der Waals surface area contributed by atoms with E-state index in [2.05, 4.69) is 20.1 Å². The van der Waals surface area contributed by atoms with Crippen molar-refractivity contribution in [3.8, 4) is 28.7 Å². The SMILES string of the molecule is Cc1ccc(-c2nc(-c3ccncn3)no2)cc1O. The fourth-order valence-electron chi connectivity index (χ4n) is 1.61. The van der Waals surface area contributed by atoms with Crippen LogP contribution in [0.2, 0.25) is 0 Å². The van der Waals surface area contributed by atoms with Gasteiger partial charge in [-0.2, -0.15) is 4.98 Å². The number of phenols is 1. The minimum Gasteiger partial charge on any atom is -0.508 e. The molecule has 0 atom stereocenters. The number of phenolic OH excluding ortho intramolecular Hbond substituents is 1. The second-order valence-electron chi connectivity index (χ2n) is 4.02. The number of aromatic hydroxyl groups is 1. The summed E-state index contributed by atoms with van der Waals surface area (Å²) in [6, 6.07) is 6.89. The van der Waals surface area contributed by atoms with Gasteiger partial charge in [0.1, 0.15) is 17.8 Å². The van der Waals surface area contributed by atoms with Gasteiger partial charge in [-0.3, -0.25) is 0 Å². The summed E-state index contributed by atoms with van der Waals surface area (Å²) in [5.41, 5.74) is 2.04. The van der Waals surface area contributed by atoms with Crippen LogP contribution in [0, 0.1) is 6.92 Å². The fraction of sp³-hybridized carbons (Fsp3) is 0.0769. The van der Waals surface area contributed by atoms with Crippen LogP contribution in [0.1, 0.15) is 5.56 Å². The fourth-order valence-corrected chi connectivity index (χ4v) is 1.61. The quantitative estimate of drug-likeness (QED) is 0.754. The Labute approximate surface area is 108 Å². The number of aromatic nitrogens is 4. The number of hydrogen-bond donors (Lipinski definition) is 1. The zero-order valence-electron chi connectivity index (χ0n) is 10.1. The molecule has 3 rings (SSSR count). The van der Waals surface area contributed by atoms with Crippen LogP contribution in [-0.2, 0) is 0 Å². The van der Waals surface area contributed by atoms with E-state index in [0.717, 1.165) is 5.56 Å². The molecular formula is C13H10N4O2. The molecule has 0 saturated heterocycles. The summed E-state index contributed by atoms with van der Waals surface area (Å²) in [6.07, 6.45) is 3.03. The van der Waals surface area contributed by atoms with E-state index in [4.69, 9.17) is 4.52 Å². The van der Waals surface area contributed by atoms with Crippen molar-refractivity contribution in [1.29, 1.82) is 0 Å². The molecule has 94 valence electrons. The highest BCUT2D eigenvalue weighted by Gasteiger charge is 2.12. The summed E-state index contributed by atoms with van der Waals surface area (Å²) < 4.78 is 5.17. The highest BCUT2D eigenvalue weighted by Crippen LogP contribution is 2.26. The van der Waals surface area contributed by atoms with Gasteiger partial charge in [-0.1, -0.05) is 11.2 Å². The molecule has 0 spiro atoms. The van der Waals surface area contributed by atoms with Gasteiger partial charge in [-0.05, 0) is 30.7 Å². The first-order valence-electron chi connectivity index (χ1n) is 5.64. The summed E-state index contributed by atoms with van der Waals surface area (Å²) >= 11 is 0. The zero-order chi connectivity index (χ0) is 13.2. The Morgan fingerprint density at radius 3 is 2.84 bits per heavy atom. The minimum atomic E-state index is 0.194. The van der Waals surface area contributed by atoms with Gasteiger partial charge in [0.15, 0.2) is 0 Å². The van der Waals surface area contributed by atoms with Gasteiger partial charge in [-0.15, -0.1) is 0 Å². The second kappa shape index (κ2) is 4.49. The zero-order valence-corrected chi connectivity index (χ0v) is 10.1. The maximum absolute atomic E-state index is 9.67. The van der Waals surface area contributed by atoms with Crippen molar-refractivity contribution in [3.63, 3.8) is 0 Å². The predicted molar refractivity (Wildman–Crippen MR) is 67.2 cm³/mol. The average molecular weight is 254 g/mol. The third-order valence-electron chi connectivity index (χ3n) is 2.69. The molecule has 0 saturated carbocycles. The molecule has 0 aliphatic heterocycles. The van der Waals surface area contributed by atoms with Gasteiger partial charge in [0.2, 0.25) is 5.82 Å². The van der Waals surface area contributed by atoms with Crippen LogP contribution in [0.15, 0.2) is 41.3 Å². The summed E-state index contributed by atoms with van der Waals surface area (Å²) in [5.74, 6) is 0.917. The standard InChI is InChI=1S/C13H10N4O2/c1-8-2-3-9(6-11(8)18)13-16-12(17-19-13)10-4-5-14-7-15-10/h2-7,18H,1H3. The molecule has 2 aromatic heterocycles. The van der Waals surface area contributed by atoms with E-state index in [1.54, 1.807) is 24.4 Å². The molecular weight excluding hydrogens is 244 g/mol. The lowest BCUT2D eigenvalue weighted by Crippen LogP contribution is -1.86. The van der Waals surface area contributed by atoms with E-state index >= 15 is 0 Å². The van der Waals surface area contributed by atoms with Crippen LogP contribution < -0.4 is 0 Å². The number of aryl methyl sites for hydroxylation is 1. The van der Waals surface area contributed by atoms with Gasteiger partial charge in [-0.25, -0.2) is 9.97 Å². The molecule has 0 fully saturated rings. The Balaban J connectivity index is 1.99. The maximum atomic E-state index is 9.67. The maximum Gasteiger partial charge on any atom is 0.258 e. The van der Waals surface area contributed by atoms with Gasteiger partial charge in [0, 0.05) is 11.8 Å². The Hall–Kier alpha value is -2.76. The van der Waals surface area contributed by atoms with Crippen LogP contribution in [0.25, 0.3) is 23.0 Å². The highest BCUT2D eigenvalue weighted by molar-refractivity contribution is 5.59. The van der Waals surface area contributed by atoms with E-state index < -0.39 is 0 Å². The number of hydrogen-bond acceptors (Lipinski definition) is 6. The van der Waals surface area contributed by atoms with E-state index in [1.807, 2.05) is 13.0 Å². The average Bonchev–Trinajstić information content (AvgIpc) is 2.93. The van der Waals surface area contributed by atoms with Crippen LogP contribution in [0.4, 0.5) is 0 Å². The first kappa shape index (κ1) is 11.3.